The Labute approximate surface area is 145 Å². The monoisotopic (exact) mass is 363 g/mol. The number of hydrogen-bond donors (Lipinski definition) is 2. The van der Waals surface area contributed by atoms with E-state index in [-0.39, 0.29) is 34.1 Å². The van der Waals surface area contributed by atoms with Crippen LogP contribution in [0.3, 0.4) is 0 Å². The number of ether oxygens (including phenoxy) is 1. The first-order valence-corrected chi connectivity index (χ1v) is 8.96. The van der Waals surface area contributed by atoms with Gasteiger partial charge in [0.15, 0.2) is 9.84 Å². The molecule has 1 amide bonds. The zero-order chi connectivity index (χ0) is 18.4. The van der Waals surface area contributed by atoms with E-state index in [1.807, 2.05) is 0 Å². The number of sulfone groups is 1. The van der Waals surface area contributed by atoms with Crippen LogP contribution < -0.4 is 5.32 Å². The third kappa shape index (κ3) is 4.65. The topological polar surface area (TPSA) is 110 Å². The van der Waals surface area contributed by atoms with Crippen LogP contribution in [0.15, 0.2) is 53.4 Å². The average molecular weight is 363 g/mol. The van der Waals surface area contributed by atoms with E-state index in [9.17, 15) is 18.0 Å². The summed E-state index contributed by atoms with van der Waals surface area (Å²) in [6, 6.07) is 11.4. The van der Waals surface area contributed by atoms with Crippen molar-refractivity contribution in [3.05, 3.63) is 59.7 Å². The maximum atomic E-state index is 12.2. The molecule has 2 aromatic carbocycles. The molecule has 0 aromatic heterocycles. The predicted molar refractivity (Wildman–Crippen MR) is 91.7 cm³/mol. The van der Waals surface area contributed by atoms with E-state index < -0.39 is 21.7 Å². The number of rotatable bonds is 7. The summed E-state index contributed by atoms with van der Waals surface area (Å²) in [5.41, 5.74) is 0.345. The maximum absolute atomic E-state index is 12.2. The third-order valence-electron chi connectivity index (χ3n) is 3.44. The minimum absolute atomic E-state index is 0.0328. The van der Waals surface area contributed by atoms with Gasteiger partial charge in [-0.3, -0.25) is 4.79 Å². The summed E-state index contributed by atoms with van der Waals surface area (Å²) >= 11 is 0. The fourth-order valence-corrected chi connectivity index (χ4v) is 3.27. The molecule has 0 aliphatic rings. The standard InChI is InChI=1S/C17H17NO6S/c1-24-10-11-25(22,23)13-8-6-12(7-9-13)16(19)18-15-5-3-2-4-14(15)17(20)21/h2-9H,10-11H2,1H3,(H,18,19)(H,20,21). The van der Waals surface area contributed by atoms with Gasteiger partial charge in [-0.15, -0.1) is 0 Å². The summed E-state index contributed by atoms with van der Waals surface area (Å²) in [7, 11) is -2.06. The van der Waals surface area contributed by atoms with Gasteiger partial charge in [0, 0.05) is 12.7 Å². The van der Waals surface area contributed by atoms with Crippen LogP contribution >= 0.6 is 0 Å². The molecule has 0 saturated heterocycles. The van der Waals surface area contributed by atoms with Gasteiger partial charge < -0.3 is 15.2 Å². The highest BCUT2D eigenvalue weighted by Crippen LogP contribution is 2.17. The van der Waals surface area contributed by atoms with E-state index in [1.165, 1.54) is 43.5 Å². The van der Waals surface area contributed by atoms with Crippen molar-refractivity contribution in [1.29, 1.82) is 0 Å². The number of carbonyl (C=O) groups is 2. The molecule has 0 unspecified atom stereocenters. The number of carboxylic acid groups (broad SMARTS) is 1. The summed E-state index contributed by atoms with van der Waals surface area (Å²) in [4.78, 5) is 23.5. The molecule has 7 nitrogen and oxygen atoms in total. The zero-order valence-electron chi connectivity index (χ0n) is 13.4. The molecule has 0 aliphatic carbocycles. The van der Waals surface area contributed by atoms with Crippen molar-refractivity contribution in [2.24, 2.45) is 0 Å². The summed E-state index contributed by atoms with van der Waals surface area (Å²) in [6.45, 7) is 0.0799. The van der Waals surface area contributed by atoms with Gasteiger partial charge in [-0.05, 0) is 36.4 Å². The molecule has 2 aromatic rings. The highest BCUT2D eigenvalue weighted by Gasteiger charge is 2.16. The summed E-state index contributed by atoms with van der Waals surface area (Å²) in [5.74, 6) is -1.84. The highest BCUT2D eigenvalue weighted by molar-refractivity contribution is 7.91. The molecule has 0 radical (unpaired) electrons. The summed E-state index contributed by atoms with van der Waals surface area (Å²) in [5, 5.41) is 11.6. The van der Waals surface area contributed by atoms with Crippen molar-refractivity contribution in [2.45, 2.75) is 4.90 Å². The lowest BCUT2D eigenvalue weighted by Gasteiger charge is -2.09. The third-order valence-corrected chi connectivity index (χ3v) is 5.13. The first kappa shape index (κ1) is 18.6. The Hall–Kier alpha value is -2.71. The minimum Gasteiger partial charge on any atom is -0.478 e. The van der Waals surface area contributed by atoms with E-state index in [2.05, 4.69) is 5.32 Å². The molecule has 8 heteroatoms. The number of amides is 1. The molecule has 0 heterocycles. The van der Waals surface area contributed by atoms with E-state index in [4.69, 9.17) is 9.84 Å². The first-order valence-electron chi connectivity index (χ1n) is 7.30. The van der Waals surface area contributed by atoms with Gasteiger partial charge in [-0.1, -0.05) is 12.1 Å². The largest absolute Gasteiger partial charge is 0.478 e. The number of benzene rings is 2. The first-order chi connectivity index (χ1) is 11.8. The lowest BCUT2D eigenvalue weighted by atomic mass is 10.1. The molecule has 25 heavy (non-hydrogen) atoms. The molecule has 0 spiro atoms. The Bertz CT molecular complexity index is 874. The van der Waals surface area contributed by atoms with Crippen LogP contribution in [0.2, 0.25) is 0 Å². The van der Waals surface area contributed by atoms with Crippen LogP contribution in [0.4, 0.5) is 5.69 Å². The molecule has 0 bridgehead atoms. The minimum atomic E-state index is -3.48. The van der Waals surface area contributed by atoms with Gasteiger partial charge >= 0.3 is 5.97 Å². The molecule has 0 fully saturated rings. The lowest BCUT2D eigenvalue weighted by molar-refractivity contribution is 0.0698. The fourth-order valence-electron chi connectivity index (χ4n) is 2.10. The van der Waals surface area contributed by atoms with Crippen molar-refractivity contribution >= 4 is 27.4 Å². The van der Waals surface area contributed by atoms with E-state index in [0.29, 0.717) is 0 Å². The molecule has 0 aliphatic heterocycles. The summed E-state index contributed by atoms with van der Waals surface area (Å²) < 4.78 is 28.8. The lowest BCUT2D eigenvalue weighted by Crippen LogP contribution is -2.15. The normalized spacial score (nSPS) is 11.1. The van der Waals surface area contributed by atoms with E-state index in [0.717, 1.165) is 0 Å². The number of hydrogen-bond acceptors (Lipinski definition) is 5. The van der Waals surface area contributed by atoms with Gasteiger partial charge in [-0.2, -0.15) is 0 Å². The average Bonchev–Trinajstić information content (AvgIpc) is 2.60. The highest BCUT2D eigenvalue weighted by atomic mass is 32.2. The second-order valence-electron chi connectivity index (χ2n) is 5.14. The van der Waals surface area contributed by atoms with Crippen molar-refractivity contribution in [3.63, 3.8) is 0 Å². The van der Waals surface area contributed by atoms with Gasteiger partial charge in [0.1, 0.15) is 0 Å². The van der Waals surface area contributed by atoms with Crippen molar-refractivity contribution in [1.82, 2.24) is 0 Å². The van der Waals surface area contributed by atoms with Crippen LogP contribution in [0, 0.1) is 0 Å². The van der Waals surface area contributed by atoms with Crippen LogP contribution in [0.5, 0.6) is 0 Å². The van der Waals surface area contributed by atoms with Crippen LogP contribution in [0.1, 0.15) is 20.7 Å². The van der Waals surface area contributed by atoms with Gasteiger partial charge in [0.2, 0.25) is 0 Å². The van der Waals surface area contributed by atoms with Crippen molar-refractivity contribution < 1.29 is 27.9 Å². The van der Waals surface area contributed by atoms with E-state index in [1.54, 1.807) is 12.1 Å². The molecule has 2 N–H and O–H groups in total. The second-order valence-corrected chi connectivity index (χ2v) is 7.25. The molecule has 132 valence electrons. The number of carbonyl (C=O) groups excluding carboxylic acids is 1. The fraction of sp³-hybridized carbons (Fsp3) is 0.176. The Morgan fingerprint density at radius 1 is 1.08 bits per heavy atom. The quantitative estimate of drug-likeness (QED) is 0.779. The number of aromatic carboxylic acids is 1. The smallest absolute Gasteiger partial charge is 0.337 e. The van der Waals surface area contributed by atoms with E-state index >= 15 is 0 Å². The molecule has 0 atom stereocenters. The number of nitrogens with one attached hydrogen (secondary N) is 1. The van der Waals surface area contributed by atoms with Crippen LogP contribution in [0.25, 0.3) is 0 Å². The zero-order valence-corrected chi connectivity index (χ0v) is 14.2. The Morgan fingerprint density at radius 2 is 1.72 bits per heavy atom. The molecular formula is C17H17NO6S. The number of anilines is 1. The van der Waals surface area contributed by atoms with Gasteiger partial charge in [0.25, 0.3) is 5.91 Å². The predicted octanol–water partition coefficient (Wildman–Crippen LogP) is 2.06. The number of carboxylic acids is 1. The Balaban J connectivity index is 2.18. The Morgan fingerprint density at radius 3 is 2.32 bits per heavy atom. The Kier molecular flexibility index (Phi) is 5.89. The maximum Gasteiger partial charge on any atom is 0.337 e. The van der Waals surface area contributed by atoms with Crippen LogP contribution in [-0.2, 0) is 14.6 Å². The van der Waals surface area contributed by atoms with Crippen LogP contribution in [-0.4, -0.2) is 44.9 Å². The molecule has 0 saturated carbocycles. The number of methoxy groups -OCH3 is 1. The number of para-hydroxylation sites is 1. The second kappa shape index (κ2) is 7.91. The molecule has 2 rings (SSSR count). The van der Waals surface area contributed by atoms with Gasteiger partial charge in [-0.25, -0.2) is 13.2 Å². The SMILES string of the molecule is COCCS(=O)(=O)c1ccc(C(=O)Nc2ccccc2C(=O)O)cc1. The van der Waals surface area contributed by atoms with Gasteiger partial charge in [0.05, 0.1) is 28.5 Å². The summed E-state index contributed by atoms with van der Waals surface area (Å²) in [6.07, 6.45) is 0. The molecular weight excluding hydrogens is 346 g/mol. The van der Waals surface area contributed by atoms with Crippen molar-refractivity contribution in [3.8, 4) is 0 Å². The van der Waals surface area contributed by atoms with Crippen molar-refractivity contribution in [2.75, 3.05) is 24.8 Å².